The molecule has 8 heteroatoms. The number of hydrogen-bond donors (Lipinski definition) is 1. The van der Waals surface area contributed by atoms with E-state index in [1.165, 1.54) is 15.6 Å². The van der Waals surface area contributed by atoms with Gasteiger partial charge >= 0.3 is 0 Å². The van der Waals surface area contributed by atoms with Crippen LogP contribution in [0.15, 0.2) is 11.0 Å². The monoisotopic (exact) mass is 371 g/mol. The minimum absolute atomic E-state index is 0.0143. The van der Waals surface area contributed by atoms with Gasteiger partial charge in [0.15, 0.2) is 0 Å². The molecule has 2 fully saturated rings. The standard InChI is InChI=1S/C16H25N3O3S2/c1-12-11-14(13(2)23-12)24(21,22)19-9-7-18(8-10-19)15(20)16(17)5-3-4-6-16/h11H,3-10,17H2,1-2H3. The van der Waals surface area contributed by atoms with E-state index in [0.29, 0.717) is 31.1 Å². The van der Waals surface area contributed by atoms with Crippen LogP contribution in [0.1, 0.15) is 35.4 Å². The molecule has 0 spiro atoms. The van der Waals surface area contributed by atoms with Gasteiger partial charge in [0, 0.05) is 35.9 Å². The van der Waals surface area contributed by atoms with Gasteiger partial charge in [0.2, 0.25) is 15.9 Å². The minimum Gasteiger partial charge on any atom is -0.338 e. The van der Waals surface area contributed by atoms with Gasteiger partial charge < -0.3 is 10.6 Å². The molecule has 1 aliphatic carbocycles. The predicted molar refractivity (Wildman–Crippen MR) is 94.5 cm³/mol. The number of hydrogen-bond acceptors (Lipinski definition) is 5. The summed E-state index contributed by atoms with van der Waals surface area (Å²) in [5.74, 6) is -0.0143. The number of aryl methyl sites for hydroxylation is 2. The Morgan fingerprint density at radius 3 is 2.25 bits per heavy atom. The maximum absolute atomic E-state index is 12.8. The molecule has 1 saturated heterocycles. The third kappa shape index (κ3) is 3.12. The SMILES string of the molecule is Cc1cc(S(=O)(=O)N2CCN(C(=O)C3(N)CCCC3)CC2)c(C)s1. The summed E-state index contributed by atoms with van der Waals surface area (Å²) in [6.07, 6.45) is 3.45. The molecule has 24 heavy (non-hydrogen) atoms. The normalized spacial score (nSPS) is 22.0. The number of carbonyl (C=O) groups excluding carboxylic acids is 1. The molecule has 3 rings (SSSR count). The summed E-state index contributed by atoms with van der Waals surface area (Å²) in [7, 11) is -3.48. The summed E-state index contributed by atoms with van der Waals surface area (Å²) in [6, 6.07) is 1.74. The van der Waals surface area contributed by atoms with Gasteiger partial charge in [0.25, 0.3) is 0 Å². The van der Waals surface area contributed by atoms with E-state index in [-0.39, 0.29) is 5.91 Å². The molecular weight excluding hydrogens is 346 g/mol. The second kappa shape index (κ2) is 6.40. The van der Waals surface area contributed by atoms with Gasteiger partial charge in [-0.05, 0) is 32.8 Å². The van der Waals surface area contributed by atoms with Crippen molar-refractivity contribution in [2.75, 3.05) is 26.2 Å². The average Bonchev–Trinajstić information content (AvgIpc) is 3.13. The van der Waals surface area contributed by atoms with E-state index in [1.807, 2.05) is 13.8 Å². The van der Waals surface area contributed by atoms with Crippen LogP contribution in [-0.4, -0.2) is 55.2 Å². The molecule has 2 N–H and O–H groups in total. The van der Waals surface area contributed by atoms with Crippen LogP contribution in [0, 0.1) is 13.8 Å². The van der Waals surface area contributed by atoms with Crippen molar-refractivity contribution in [3.8, 4) is 0 Å². The van der Waals surface area contributed by atoms with Gasteiger partial charge in [-0.1, -0.05) is 12.8 Å². The fourth-order valence-electron chi connectivity index (χ4n) is 3.67. The van der Waals surface area contributed by atoms with Crippen molar-refractivity contribution < 1.29 is 13.2 Å². The van der Waals surface area contributed by atoms with Crippen molar-refractivity contribution in [2.24, 2.45) is 5.73 Å². The summed E-state index contributed by atoms with van der Waals surface area (Å²) in [5.41, 5.74) is 5.51. The first-order valence-electron chi connectivity index (χ1n) is 8.39. The lowest BCUT2D eigenvalue weighted by Gasteiger charge is -2.37. The second-order valence-corrected chi connectivity index (χ2v) is 10.2. The molecule has 1 amide bonds. The third-order valence-electron chi connectivity index (χ3n) is 5.06. The Morgan fingerprint density at radius 2 is 1.75 bits per heavy atom. The zero-order valence-electron chi connectivity index (χ0n) is 14.2. The lowest BCUT2D eigenvalue weighted by molar-refractivity contribution is -0.138. The third-order valence-corrected chi connectivity index (χ3v) is 8.18. The fourth-order valence-corrected chi connectivity index (χ4v) is 6.61. The van der Waals surface area contributed by atoms with E-state index >= 15 is 0 Å². The lowest BCUT2D eigenvalue weighted by atomic mass is 9.97. The highest BCUT2D eigenvalue weighted by Crippen LogP contribution is 2.31. The summed E-state index contributed by atoms with van der Waals surface area (Å²) >= 11 is 1.49. The van der Waals surface area contributed by atoms with Gasteiger partial charge in [-0.15, -0.1) is 11.3 Å². The predicted octanol–water partition coefficient (Wildman–Crippen LogP) is 1.47. The van der Waals surface area contributed by atoms with E-state index in [9.17, 15) is 13.2 Å². The largest absolute Gasteiger partial charge is 0.338 e. The van der Waals surface area contributed by atoms with Crippen molar-refractivity contribution in [2.45, 2.75) is 50.0 Å². The Hall–Kier alpha value is -0.960. The zero-order chi connectivity index (χ0) is 17.5. The van der Waals surface area contributed by atoms with Crippen LogP contribution in [0.4, 0.5) is 0 Å². The molecule has 1 saturated carbocycles. The van der Waals surface area contributed by atoms with E-state index in [0.717, 1.165) is 35.4 Å². The Balaban J connectivity index is 1.69. The first kappa shape index (κ1) is 17.8. The maximum Gasteiger partial charge on any atom is 0.244 e. The molecule has 1 aromatic heterocycles. The molecule has 0 unspecified atom stereocenters. The number of nitrogens with two attached hydrogens (primary N) is 1. The van der Waals surface area contributed by atoms with Gasteiger partial charge in [0.1, 0.15) is 0 Å². The maximum atomic E-state index is 12.8. The van der Waals surface area contributed by atoms with Crippen LogP contribution in [0.5, 0.6) is 0 Å². The molecular formula is C16H25N3O3S2. The fraction of sp³-hybridized carbons (Fsp3) is 0.688. The Bertz CT molecular complexity index is 728. The Kier molecular flexibility index (Phi) is 4.76. The summed E-state index contributed by atoms with van der Waals surface area (Å²) < 4.78 is 27.1. The smallest absolute Gasteiger partial charge is 0.244 e. The van der Waals surface area contributed by atoms with Crippen LogP contribution in [0.2, 0.25) is 0 Å². The highest BCUT2D eigenvalue weighted by atomic mass is 32.2. The van der Waals surface area contributed by atoms with Crippen molar-refractivity contribution in [3.63, 3.8) is 0 Å². The highest BCUT2D eigenvalue weighted by Gasteiger charge is 2.41. The van der Waals surface area contributed by atoms with Crippen molar-refractivity contribution >= 4 is 27.3 Å². The minimum atomic E-state index is -3.48. The molecule has 0 bridgehead atoms. The van der Waals surface area contributed by atoms with Crippen LogP contribution >= 0.6 is 11.3 Å². The Labute approximate surface area is 147 Å². The van der Waals surface area contributed by atoms with Crippen molar-refractivity contribution in [3.05, 3.63) is 15.8 Å². The first-order valence-corrected chi connectivity index (χ1v) is 10.7. The van der Waals surface area contributed by atoms with Crippen LogP contribution < -0.4 is 5.73 Å². The molecule has 0 atom stereocenters. The van der Waals surface area contributed by atoms with Crippen LogP contribution in [0.25, 0.3) is 0 Å². The molecule has 6 nitrogen and oxygen atoms in total. The van der Waals surface area contributed by atoms with Gasteiger partial charge in [0.05, 0.1) is 10.4 Å². The lowest BCUT2D eigenvalue weighted by Crippen LogP contribution is -2.59. The first-order chi connectivity index (χ1) is 11.2. The number of amides is 1. The zero-order valence-corrected chi connectivity index (χ0v) is 15.9. The molecule has 2 aliphatic rings. The average molecular weight is 372 g/mol. The molecule has 0 radical (unpaired) electrons. The van der Waals surface area contributed by atoms with E-state index in [1.54, 1.807) is 11.0 Å². The molecule has 2 heterocycles. The number of thiophene rings is 1. The summed E-state index contributed by atoms with van der Waals surface area (Å²) in [5, 5.41) is 0. The van der Waals surface area contributed by atoms with Crippen LogP contribution in [0.3, 0.4) is 0 Å². The van der Waals surface area contributed by atoms with E-state index in [4.69, 9.17) is 5.73 Å². The number of rotatable bonds is 3. The second-order valence-electron chi connectivity index (χ2n) is 6.84. The van der Waals surface area contributed by atoms with Crippen molar-refractivity contribution in [1.82, 2.24) is 9.21 Å². The van der Waals surface area contributed by atoms with Gasteiger partial charge in [-0.3, -0.25) is 4.79 Å². The summed E-state index contributed by atoms with van der Waals surface area (Å²) in [6.45, 7) is 5.24. The quantitative estimate of drug-likeness (QED) is 0.872. The van der Waals surface area contributed by atoms with E-state index < -0.39 is 15.6 Å². The number of piperazine rings is 1. The summed E-state index contributed by atoms with van der Waals surface area (Å²) in [4.78, 5) is 16.6. The number of carbonyl (C=O) groups is 1. The molecule has 1 aliphatic heterocycles. The highest BCUT2D eigenvalue weighted by molar-refractivity contribution is 7.89. The molecule has 0 aromatic carbocycles. The molecule has 1 aromatic rings. The molecule has 134 valence electrons. The van der Waals surface area contributed by atoms with Crippen molar-refractivity contribution in [1.29, 1.82) is 0 Å². The number of nitrogens with zero attached hydrogens (tertiary/aromatic N) is 2. The topological polar surface area (TPSA) is 83.7 Å². The van der Waals surface area contributed by atoms with E-state index in [2.05, 4.69) is 0 Å². The van der Waals surface area contributed by atoms with Gasteiger partial charge in [-0.25, -0.2) is 8.42 Å². The number of sulfonamides is 1. The van der Waals surface area contributed by atoms with Gasteiger partial charge in [-0.2, -0.15) is 4.31 Å². The Morgan fingerprint density at radius 1 is 1.17 bits per heavy atom. The van der Waals surface area contributed by atoms with Crippen LogP contribution in [-0.2, 0) is 14.8 Å².